The Balaban J connectivity index is 1.29. The Labute approximate surface area is 245 Å². The number of nitrogens with two attached hydrogens (primary N) is 1. The number of amides is 2. The van der Waals surface area contributed by atoms with Gasteiger partial charge in [0.1, 0.15) is 12.4 Å². The number of nitrogens with one attached hydrogen (secondary N) is 1. The Morgan fingerprint density at radius 3 is 2.64 bits per heavy atom. The first-order valence-electron chi connectivity index (χ1n) is 14.5. The van der Waals surface area contributed by atoms with Crippen LogP contribution >= 0.6 is 0 Å². The first-order valence-corrected chi connectivity index (χ1v) is 14.5. The van der Waals surface area contributed by atoms with Crippen molar-refractivity contribution in [3.8, 4) is 11.8 Å². The molecule has 3 N–H and O–H groups in total. The molecule has 1 saturated carbocycles. The van der Waals surface area contributed by atoms with Crippen LogP contribution in [0.4, 0.5) is 11.6 Å². The summed E-state index contributed by atoms with van der Waals surface area (Å²) in [4.78, 5) is 32.6. The van der Waals surface area contributed by atoms with Crippen molar-refractivity contribution in [2.24, 2.45) is 11.7 Å². The molecule has 0 aliphatic heterocycles. The van der Waals surface area contributed by atoms with Gasteiger partial charge < -0.3 is 19.9 Å². The molecule has 216 valence electrons. The molecule has 42 heavy (non-hydrogen) atoms. The maximum absolute atomic E-state index is 13.2. The van der Waals surface area contributed by atoms with Gasteiger partial charge >= 0.3 is 0 Å². The largest absolute Gasteiger partial charge is 0.489 e. The molecular formula is C33H36N6O3. The van der Waals surface area contributed by atoms with Crippen LogP contribution in [0.5, 0.6) is 5.75 Å². The SMILES string of the molecule is CN(C(=O)CC1CCCC1)c1ccc2c(c1)nc(NC(=O)c1ccc(OCc3cccc(C#N)c3)cc1)n2CCCN. The number of hydrogen-bond donors (Lipinski definition) is 2. The van der Waals surface area contributed by atoms with Gasteiger partial charge in [0, 0.05) is 31.3 Å². The maximum atomic E-state index is 13.2. The van der Waals surface area contributed by atoms with Crippen LogP contribution in [-0.2, 0) is 17.9 Å². The van der Waals surface area contributed by atoms with Crippen molar-refractivity contribution in [2.45, 2.75) is 51.7 Å². The first-order chi connectivity index (χ1) is 20.4. The van der Waals surface area contributed by atoms with Crippen LogP contribution in [-0.4, -0.2) is 35.0 Å². The molecule has 0 atom stereocenters. The summed E-state index contributed by atoms with van der Waals surface area (Å²) in [7, 11) is 1.81. The Hall–Kier alpha value is -4.68. The molecule has 1 aliphatic rings. The number of carbonyl (C=O) groups is 2. The summed E-state index contributed by atoms with van der Waals surface area (Å²) in [5.74, 6) is 1.33. The Kier molecular flexibility index (Phi) is 9.15. The number of aryl methyl sites for hydroxylation is 1. The number of carbonyl (C=O) groups excluding carboxylic acids is 2. The number of nitriles is 1. The molecule has 1 fully saturated rings. The van der Waals surface area contributed by atoms with E-state index in [-0.39, 0.29) is 11.8 Å². The van der Waals surface area contributed by atoms with Crippen molar-refractivity contribution in [1.82, 2.24) is 9.55 Å². The predicted octanol–water partition coefficient (Wildman–Crippen LogP) is 5.63. The lowest BCUT2D eigenvalue weighted by Gasteiger charge is -2.19. The monoisotopic (exact) mass is 564 g/mol. The van der Waals surface area contributed by atoms with Gasteiger partial charge in [0.05, 0.1) is 22.7 Å². The standard InChI is InChI=1S/C33H36N6O3/c1-38(31(40)19-23-6-2-3-7-23)27-12-15-30-29(20-27)36-33(39(30)17-5-16-34)37-32(41)26-10-13-28(14-11-26)42-22-25-9-4-8-24(18-25)21-35/h4,8-15,18,20,23H,2-3,5-7,16-17,19,22,34H2,1H3,(H,36,37,41). The second kappa shape index (κ2) is 13.3. The molecule has 4 aromatic rings. The van der Waals surface area contributed by atoms with E-state index in [0.717, 1.165) is 36.0 Å². The predicted molar refractivity (Wildman–Crippen MR) is 163 cm³/mol. The van der Waals surface area contributed by atoms with Crippen LogP contribution in [0.15, 0.2) is 66.7 Å². The lowest BCUT2D eigenvalue weighted by atomic mass is 10.0. The zero-order valence-electron chi connectivity index (χ0n) is 23.9. The van der Waals surface area contributed by atoms with Gasteiger partial charge in [-0.25, -0.2) is 4.98 Å². The third-order valence-corrected chi connectivity index (χ3v) is 7.82. The zero-order valence-corrected chi connectivity index (χ0v) is 23.9. The maximum Gasteiger partial charge on any atom is 0.257 e. The fourth-order valence-electron chi connectivity index (χ4n) is 5.41. The molecule has 0 bridgehead atoms. The molecule has 0 radical (unpaired) electrons. The second-order valence-electron chi connectivity index (χ2n) is 10.8. The van der Waals surface area contributed by atoms with E-state index in [0.29, 0.717) is 60.4 Å². The highest BCUT2D eigenvalue weighted by molar-refractivity contribution is 6.04. The lowest BCUT2D eigenvalue weighted by Crippen LogP contribution is -2.27. The number of benzene rings is 3. The molecule has 0 saturated heterocycles. The van der Waals surface area contributed by atoms with Crippen molar-refractivity contribution in [1.29, 1.82) is 5.26 Å². The molecule has 1 heterocycles. The summed E-state index contributed by atoms with van der Waals surface area (Å²) in [5, 5.41) is 12.0. The van der Waals surface area contributed by atoms with Gasteiger partial charge in [-0.05, 0) is 91.9 Å². The van der Waals surface area contributed by atoms with Crippen molar-refractivity contribution in [3.05, 3.63) is 83.4 Å². The van der Waals surface area contributed by atoms with E-state index < -0.39 is 0 Å². The van der Waals surface area contributed by atoms with E-state index in [1.807, 2.05) is 41.9 Å². The molecule has 9 heteroatoms. The molecule has 0 spiro atoms. The summed E-state index contributed by atoms with van der Waals surface area (Å²) in [5.41, 5.74) is 10.1. The van der Waals surface area contributed by atoms with Crippen molar-refractivity contribution < 1.29 is 14.3 Å². The average Bonchev–Trinajstić information content (AvgIpc) is 3.65. The van der Waals surface area contributed by atoms with Crippen molar-refractivity contribution >= 4 is 34.5 Å². The van der Waals surface area contributed by atoms with E-state index in [4.69, 9.17) is 20.7 Å². The van der Waals surface area contributed by atoms with E-state index >= 15 is 0 Å². The minimum atomic E-state index is -0.295. The molecular weight excluding hydrogens is 528 g/mol. The van der Waals surface area contributed by atoms with Gasteiger partial charge in [-0.15, -0.1) is 0 Å². The van der Waals surface area contributed by atoms with Gasteiger partial charge in [0.15, 0.2) is 0 Å². The van der Waals surface area contributed by atoms with Gasteiger partial charge in [0.2, 0.25) is 11.9 Å². The summed E-state index contributed by atoms with van der Waals surface area (Å²) >= 11 is 0. The Bertz CT molecular complexity index is 1600. The number of anilines is 2. The fourth-order valence-corrected chi connectivity index (χ4v) is 5.41. The fraction of sp³-hybridized carbons (Fsp3) is 0.333. The van der Waals surface area contributed by atoms with Gasteiger partial charge in [-0.1, -0.05) is 25.0 Å². The number of aromatic nitrogens is 2. The van der Waals surface area contributed by atoms with E-state index in [1.165, 1.54) is 12.8 Å². The number of rotatable bonds is 11. The lowest BCUT2D eigenvalue weighted by molar-refractivity contribution is -0.119. The number of ether oxygens (including phenoxy) is 1. The zero-order chi connectivity index (χ0) is 29.5. The first kappa shape index (κ1) is 28.8. The van der Waals surface area contributed by atoms with Gasteiger partial charge in [0.25, 0.3) is 5.91 Å². The Morgan fingerprint density at radius 2 is 1.90 bits per heavy atom. The quantitative estimate of drug-likeness (QED) is 0.243. The molecule has 2 amide bonds. The van der Waals surface area contributed by atoms with Gasteiger partial charge in [-0.3, -0.25) is 14.9 Å². The smallest absolute Gasteiger partial charge is 0.257 e. The highest BCUT2D eigenvalue weighted by Crippen LogP contribution is 2.30. The van der Waals surface area contributed by atoms with Crippen LogP contribution in [0.2, 0.25) is 0 Å². The number of fused-ring (bicyclic) bond motifs is 1. The third kappa shape index (κ3) is 6.78. The van der Waals surface area contributed by atoms with E-state index in [9.17, 15) is 9.59 Å². The van der Waals surface area contributed by atoms with Crippen LogP contribution in [0, 0.1) is 17.2 Å². The van der Waals surface area contributed by atoms with Crippen molar-refractivity contribution in [2.75, 3.05) is 23.8 Å². The molecule has 9 nitrogen and oxygen atoms in total. The molecule has 3 aromatic carbocycles. The molecule has 1 aromatic heterocycles. The topological polar surface area (TPSA) is 126 Å². The van der Waals surface area contributed by atoms with E-state index in [1.54, 1.807) is 41.3 Å². The van der Waals surface area contributed by atoms with Crippen LogP contribution < -0.4 is 20.7 Å². The summed E-state index contributed by atoms with van der Waals surface area (Å²) < 4.78 is 7.79. The third-order valence-electron chi connectivity index (χ3n) is 7.82. The second-order valence-corrected chi connectivity index (χ2v) is 10.8. The normalized spacial score (nSPS) is 13.2. The van der Waals surface area contributed by atoms with E-state index in [2.05, 4.69) is 11.4 Å². The van der Waals surface area contributed by atoms with Gasteiger partial charge in [-0.2, -0.15) is 5.26 Å². The minimum absolute atomic E-state index is 0.112. The minimum Gasteiger partial charge on any atom is -0.489 e. The van der Waals surface area contributed by atoms with Crippen LogP contribution in [0.3, 0.4) is 0 Å². The number of hydrogen-bond acceptors (Lipinski definition) is 6. The highest BCUT2D eigenvalue weighted by atomic mass is 16.5. The van der Waals surface area contributed by atoms with Crippen molar-refractivity contribution in [3.63, 3.8) is 0 Å². The number of imidazole rings is 1. The molecule has 0 unspecified atom stereocenters. The molecule has 5 rings (SSSR count). The molecule has 1 aliphatic carbocycles. The summed E-state index contributed by atoms with van der Waals surface area (Å²) in [6.07, 6.45) is 5.96. The van der Waals surface area contributed by atoms with Crippen LogP contribution in [0.25, 0.3) is 11.0 Å². The number of nitrogens with zero attached hydrogens (tertiary/aromatic N) is 4. The highest BCUT2D eigenvalue weighted by Gasteiger charge is 2.22. The summed E-state index contributed by atoms with van der Waals surface area (Å²) in [6, 6.07) is 22.0. The summed E-state index contributed by atoms with van der Waals surface area (Å²) in [6.45, 7) is 1.42. The average molecular weight is 565 g/mol. The van der Waals surface area contributed by atoms with Crippen LogP contribution in [0.1, 0.15) is 60.0 Å². The Morgan fingerprint density at radius 1 is 1.12 bits per heavy atom.